The van der Waals surface area contributed by atoms with Crippen molar-refractivity contribution < 1.29 is 18.4 Å². The molecule has 2 atom stereocenters. The molecule has 0 aromatic carbocycles. The molecule has 4 heterocycles. The van der Waals surface area contributed by atoms with E-state index in [9.17, 15) is 18.4 Å². The topological polar surface area (TPSA) is 70.0 Å². The summed E-state index contributed by atoms with van der Waals surface area (Å²) >= 11 is 0. The van der Waals surface area contributed by atoms with Crippen LogP contribution in [0, 0.1) is 11.8 Å². The SMILES string of the molecule is C[C@@H]1C[C@@H](Cc2ccn3ncc(N4CCC(=O)NC4=O)c3c2)CCN1CC1CCC(F)(F)CC1. The van der Waals surface area contributed by atoms with Crippen LogP contribution in [0.25, 0.3) is 5.52 Å². The second-order valence-electron chi connectivity index (χ2n) is 10.4. The van der Waals surface area contributed by atoms with Crippen LogP contribution in [0.5, 0.6) is 0 Å². The molecule has 1 saturated carbocycles. The third-order valence-corrected chi connectivity index (χ3v) is 7.89. The van der Waals surface area contributed by atoms with E-state index in [1.165, 1.54) is 5.56 Å². The molecular weight excluding hydrogens is 440 g/mol. The number of imide groups is 1. The summed E-state index contributed by atoms with van der Waals surface area (Å²) in [6.45, 7) is 4.57. The lowest BCUT2D eigenvalue weighted by Gasteiger charge is -2.41. The summed E-state index contributed by atoms with van der Waals surface area (Å²) in [5.74, 6) is -1.75. The normalized spacial score (nSPS) is 26.7. The molecule has 9 heteroatoms. The Bertz CT molecular complexity index is 1060. The Morgan fingerprint density at radius 1 is 1.15 bits per heavy atom. The summed E-state index contributed by atoms with van der Waals surface area (Å²) in [6, 6.07) is 4.23. The van der Waals surface area contributed by atoms with Crippen LogP contribution in [-0.2, 0) is 11.2 Å². The lowest BCUT2D eigenvalue weighted by molar-refractivity contribution is -0.120. The molecule has 184 valence electrons. The molecule has 1 aliphatic carbocycles. The first-order chi connectivity index (χ1) is 16.3. The third-order valence-electron chi connectivity index (χ3n) is 7.89. The smallest absolute Gasteiger partial charge is 0.300 e. The second kappa shape index (κ2) is 9.24. The number of hydrogen-bond acceptors (Lipinski definition) is 4. The first kappa shape index (κ1) is 23.2. The maximum atomic E-state index is 13.5. The van der Waals surface area contributed by atoms with Crippen LogP contribution in [0.3, 0.4) is 0 Å². The highest BCUT2D eigenvalue weighted by Crippen LogP contribution is 2.37. The molecule has 3 fully saturated rings. The molecule has 2 saturated heterocycles. The number of fused-ring (bicyclic) bond motifs is 1. The zero-order chi connectivity index (χ0) is 23.9. The molecule has 7 nitrogen and oxygen atoms in total. The fourth-order valence-corrected chi connectivity index (χ4v) is 5.86. The van der Waals surface area contributed by atoms with Gasteiger partial charge in [0.05, 0.1) is 17.4 Å². The Hall–Kier alpha value is -2.55. The number of nitrogens with zero attached hydrogens (tertiary/aromatic N) is 4. The van der Waals surface area contributed by atoms with Gasteiger partial charge >= 0.3 is 6.03 Å². The number of amides is 3. The standard InChI is InChI=1S/C25H33F2N5O2/c1-17-12-19(4-9-30(17)16-18-2-7-25(26,27)8-3-18)13-20-5-11-32-21(14-20)22(15-28-32)31-10-6-23(33)29-24(31)34/h5,11,14-15,17-19H,2-4,6-10,12-13,16H2,1H3,(H,29,33,34)/t17-,19+/m1/s1. The predicted molar refractivity (Wildman–Crippen MR) is 125 cm³/mol. The van der Waals surface area contributed by atoms with Crippen molar-refractivity contribution >= 4 is 23.1 Å². The van der Waals surface area contributed by atoms with E-state index in [0.717, 1.165) is 37.9 Å². The molecule has 1 N–H and O–H groups in total. The van der Waals surface area contributed by atoms with Crippen LogP contribution in [0.4, 0.5) is 19.3 Å². The van der Waals surface area contributed by atoms with E-state index in [1.54, 1.807) is 15.6 Å². The van der Waals surface area contributed by atoms with E-state index in [2.05, 4.69) is 34.4 Å². The number of urea groups is 1. The van der Waals surface area contributed by atoms with Crippen LogP contribution in [0.15, 0.2) is 24.5 Å². The van der Waals surface area contributed by atoms with Gasteiger partial charge in [-0.15, -0.1) is 0 Å². The lowest BCUT2D eigenvalue weighted by Crippen LogP contribution is -2.49. The fraction of sp³-hybridized carbons (Fsp3) is 0.640. The average molecular weight is 474 g/mol. The van der Waals surface area contributed by atoms with Gasteiger partial charge in [-0.2, -0.15) is 5.10 Å². The Balaban J connectivity index is 1.20. The number of pyridine rings is 1. The van der Waals surface area contributed by atoms with Crippen molar-refractivity contribution in [3.05, 3.63) is 30.1 Å². The minimum Gasteiger partial charge on any atom is -0.300 e. The summed E-state index contributed by atoms with van der Waals surface area (Å²) in [6.07, 6.45) is 8.38. The van der Waals surface area contributed by atoms with Crippen LogP contribution < -0.4 is 10.2 Å². The molecule has 2 aromatic heterocycles. The number of halogens is 2. The number of hydrogen-bond donors (Lipinski definition) is 1. The summed E-state index contributed by atoms with van der Waals surface area (Å²) in [5.41, 5.74) is 2.79. The Morgan fingerprint density at radius 3 is 2.68 bits per heavy atom. The van der Waals surface area contributed by atoms with Gasteiger partial charge in [0.1, 0.15) is 0 Å². The lowest BCUT2D eigenvalue weighted by atomic mass is 9.83. The minimum absolute atomic E-state index is 0.0387. The van der Waals surface area contributed by atoms with E-state index < -0.39 is 12.0 Å². The average Bonchev–Trinajstić information content (AvgIpc) is 3.20. The van der Waals surface area contributed by atoms with Crippen LogP contribution in [0.2, 0.25) is 0 Å². The van der Waals surface area contributed by atoms with E-state index in [4.69, 9.17) is 0 Å². The maximum Gasteiger partial charge on any atom is 0.328 e. The molecule has 34 heavy (non-hydrogen) atoms. The quantitative estimate of drug-likeness (QED) is 0.705. The van der Waals surface area contributed by atoms with E-state index in [-0.39, 0.29) is 25.2 Å². The van der Waals surface area contributed by atoms with Crippen molar-refractivity contribution in [2.24, 2.45) is 11.8 Å². The number of likely N-dealkylation sites (tertiary alicyclic amines) is 1. The van der Waals surface area contributed by atoms with Crippen LogP contribution >= 0.6 is 0 Å². The van der Waals surface area contributed by atoms with E-state index >= 15 is 0 Å². The van der Waals surface area contributed by atoms with Crippen LogP contribution in [0.1, 0.15) is 57.4 Å². The molecule has 2 aromatic rings. The molecule has 0 radical (unpaired) electrons. The van der Waals surface area contributed by atoms with E-state index in [1.807, 2.05) is 6.20 Å². The minimum atomic E-state index is -2.46. The number of aromatic nitrogens is 2. The first-order valence-corrected chi connectivity index (χ1v) is 12.5. The highest BCUT2D eigenvalue weighted by Gasteiger charge is 2.36. The van der Waals surface area contributed by atoms with Crippen molar-refractivity contribution in [3.8, 4) is 0 Å². The highest BCUT2D eigenvalue weighted by molar-refractivity contribution is 6.07. The Morgan fingerprint density at radius 2 is 1.94 bits per heavy atom. The van der Waals surface area contributed by atoms with Crippen molar-refractivity contribution in [2.75, 3.05) is 24.5 Å². The van der Waals surface area contributed by atoms with Gasteiger partial charge in [0.2, 0.25) is 11.8 Å². The number of piperidine rings is 1. The highest BCUT2D eigenvalue weighted by atomic mass is 19.3. The summed E-state index contributed by atoms with van der Waals surface area (Å²) in [7, 11) is 0. The molecule has 5 rings (SSSR count). The monoisotopic (exact) mass is 473 g/mol. The van der Waals surface area contributed by atoms with Gasteiger partial charge in [-0.3, -0.25) is 15.0 Å². The van der Waals surface area contributed by atoms with Gasteiger partial charge in [-0.25, -0.2) is 18.1 Å². The molecule has 0 bridgehead atoms. The van der Waals surface area contributed by atoms with Gasteiger partial charge in [0, 0.05) is 44.6 Å². The second-order valence-corrected chi connectivity index (χ2v) is 10.4. The molecule has 3 aliphatic rings. The van der Waals surface area contributed by atoms with Gasteiger partial charge in [0.15, 0.2) is 0 Å². The van der Waals surface area contributed by atoms with Gasteiger partial charge in [-0.1, -0.05) is 0 Å². The maximum absolute atomic E-state index is 13.5. The van der Waals surface area contributed by atoms with Crippen molar-refractivity contribution in [1.29, 1.82) is 0 Å². The number of nitrogens with one attached hydrogen (secondary N) is 1. The Kier molecular flexibility index (Phi) is 6.31. The van der Waals surface area contributed by atoms with Crippen molar-refractivity contribution in [2.45, 2.75) is 70.3 Å². The van der Waals surface area contributed by atoms with Crippen molar-refractivity contribution in [3.63, 3.8) is 0 Å². The van der Waals surface area contributed by atoms with Gasteiger partial charge in [0.25, 0.3) is 0 Å². The number of rotatable bonds is 5. The largest absolute Gasteiger partial charge is 0.328 e. The molecule has 0 spiro atoms. The molecular formula is C25H33F2N5O2. The molecule has 3 amide bonds. The Labute approximate surface area is 198 Å². The van der Waals surface area contributed by atoms with Crippen LogP contribution in [-0.4, -0.2) is 58.1 Å². The molecule has 0 unspecified atom stereocenters. The number of carbonyl (C=O) groups is 2. The zero-order valence-corrected chi connectivity index (χ0v) is 19.7. The number of carbonyl (C=O) groups excluding carboxylic acids is 2. The van der Waals surface area contributed by atoms with E-state index in [0.29, 0.717) is 43.0 Å². The predicted octanol–water partition coefficient (Wildman–Crippen LogP) is 4.25. The number of alkyl halides is 2. The van der Waals surface area contributed by atoms with Gasteiger partial charge < -0.3 is 4.90 Å². The third kappa shape index (κ3) is 4.94. The fourth-order valence-electron chi connectivity index (χ4n) is 5.86. The molecule has 2 aliphatic heterocycles. The van der Waals surface area contributed by atoms with Crippen molar-refractivity contribution in [1.82, 2.24) is 19.8 Å². The zero-order valence-electron chi connectivity index (χ0n) is 19.7. The first-order valence-electron chi connectivity index (χ1n) is 12.5. The summed E-state index contributed by atoms with van der Waals surface area (Å²) < 4.78 is 28.7. The van der Waals surface area contributed by atoms with Gasteiger partial charge in [-0.05, 0) is 75.1 Å². The summed E-state index contributed by atoms with van der Waals surface area (Å²) in [4.78, 5) is 27.9. The summed E-state index contributed by atoms with van der Waals surface area (Å²) in [5, 5.41) is 6.75. The number of anilines is 1.